The number of aryl methyl sites for hydroxylation is 3. The number of Topliss-reactive ketones (excluding diaryl/α,β-unsaturated/α-hetero) is 1. The van der Waals surface area contributed by atoms with Crippen LogP contribution < -0.4 is 4.72 Å². The molecule has 0 aliphatic heterocycles. The lowest BCUT2D eigenvalue weighted by Gasteiger charge is -2.09. The van der Waals surface area contributed by atoms with E-state index >= 15 is 0 Å². The Balaban J connectivity index is 1.91. The predicted octanol–water partition coefficient (Wildman–Crippen LogP) is 3.42. The molecule has 4 nitrogen and oxygen atoms in total. The van der Waals surface area contributed by atoms with Gasteiger partial charge in [-0.25, -0.2) is 13.1 Å². The zero-order valence-electron chi connectivity index (χ0n) is 14.3. The first kappa shape index (κ1) is 18.4. The molecular weight excluding hydrogens is 322 g/mol. The van der Waals surface area contributed by atoms with E-state index in [9.17, 15) is 13.2 Å². The maximum Gasteiger partial charge on any atom is 0.240 e. The van der Waals surface area contributed by atoms with Gasteiger partial charge in [0.25, 0.3) is 0 Å². The second-order valence-electron chi connectivity index (χ2n) is 6.01. The van der Waals surface area contributed by atoms with Crippen LogP contribution in [0.5, 0.6) is 0 Å². The normalized spacial score (nSPS) is 11.5. The van der Waals surface area contributed by atoms with E-state index in [0.717, 1.165) is 12.8 Å². The van der Waals surface area contributed by atoms with Crippen LogP contribution in [0.2, 0.25) is 0 Å². The number of hydrogen-bond acceptors (Lipinski definition) is 3. The maximum absolute atomic E-state index is 12.2. The molecule has 0 aromatic heterocycles. The Kier molecular flexibility index (Phi) is 5.91. The van der Waals surface area contributed by atoms with Gasteiger partial charge >= 0.3 is 0 Å². The van der Waals surface area contributed by atoms with Gasteiger partial charge in [0.15, 0.2) is 5.78 Å². The lowest BCUT2D eigenvalue weighted by Crippen LogP contribution is -2.25. The Morgan fingerprint density at radius 2 is 1.71 bits per heavy atom. The fraction of sp³-hybridized carbons (Fsp3) is 0.316. The summed E-state index contributed by atoms with van der Waals surface area (Å²) in [6.07, 6.45) is 1.56. The highest BCUT2D eigenvalue weighted by Gasteiger charge is 2.13. The van der Waals surface area contributed by atoms with Crippen molar-refractivity contribution in [2.24, 2.45) is 0 Å². The summed E-state index contributed by atoms with van der Waals surface area (Å²) in [7, 11) is -3.54. The topological polar surface area (TPSA) is 63.2 Å². The molecule has 0 aliphatic carbocycles. The Hall–Kier alpha value is -1.98. The second-order valence-corrected chi connectivity index (χ2v) is 7.78. The first-order chi connectivity index (χ1) is 11.3. The summed E-state index contributed by atoms with van der Waals surface area (Å²) >= 11 is 0. The van der Waals surface area contributed by atoms with Crippen LogP contribution in [0.15, 0.2) is 47.4 Å². The molecule has 2 aromatic carbocycles. The van der Waals surface area contributed by atoms with E-state index in [1.165, 1.54) is 47.9 Å². The number of nitrogens with one attached hydrogen (secondary N) is 1. The molecule has 128 valence electrons. The number of rotatable bonds is 7. The Labute approximate surface area is 144 Å². The van der Waals surface area contributed by atoms with Gasteiger partial charge in [0.2, 0.25) is 10.0 Å². The van der Waals surface area contributed by atoms with Crippen molar-refractivity contribution >= 4 is 15.8 Å². The van der Waals surface area contributed by atoms with Gasteiger partial charge in [0.1, 0.15) is 0 Å². The molecule has 0 fully saturated rings. The van der Waals surface area contributed by atoms with E-state index in [0.29, 0.717) is 12.1 Å². The number of hydrogen-bond donors (Lipinski definition) is 1. The molecular formula is C19H23NO3S. The standard InChI is InChI=1S/C19H23NO3S/c1-14-6-7-17(15(2)13-14)5-4-12-20-24(22,23)19-10-8-18(9-11-19)16(3)21/h6-11,13,20H,4-5,12H2,1-3H3. The highest BCUT2D eigenvalue weighted by Crippen LogP contribution is 2.13. The minimum atomic E-state index is -3.54. The fourth-order valence-electron chi connectivity index (χ4n) is 2.56. The van der Waals surface area contributed by atoms with Crippen molar-refractivity contribution in [3.05, 3.63) is 64.7 Å². The zero-order valence-corrected chi connectivity index (χ0v) is 15.1. The fourth-order valence-corrected chi connectivity index (χ4v) is 3.64. The van der Waals surface area contributed by atoms with Gasteiger partial charge in [-0.1, -0.05) is 35.9 Å². The third-order valence-corrected chi connectivity index (χ3v) is 5.46. The summed E-state index contributed by atoms with van der Waals surface area (Å²) in [6, 6.07) is 12.3. The largest absolute Gasteiger partial charge is 0.295 e. The Bertz CT molecular complexity index is 824. The SMILES string of the molecule is CC(=O)c1ccc(S(=O)(=O)NCCCc2ccc(C)cc2C)cc1. The van der Waals surface area contributed by atoms with Crippen molar-refractivity contribution in [2.75, 3.05) is 6.54 Å². The molecule has 0 bridgehead atoms. The van der Waals surface area contributed by atoms with Crippen molar-refractivity contribution < 1.29 is 13.2 Å². The molecule has 5 heteroatoms. The van der Waals surface area contributed by atoms with Crippen LogP contribution in [-0.4, -0.2) is 20.7 Å². The van der Waals surface area contributed by atoms with Crippen LogP contribution in [0.3, 0.4) is 0 Å². The molecule has 2 rings (SSSR count). The molecule has 0 atom stereocenters. The summed E-state index contributed by atoms with van der Waals surface area (Å²) in [5.74, 6) is -0.0830. The molecule has 1 N–H and O–H groups in total. The zero-order chi connectivity index (χ0) is 17.7. The molecule has 0 saturated carbocycles. The van der Waals surface area contributed by atoms with E-state index in [-0.39, 0.29) is 10.7 Å². The first-order valence-electron chi connectivity index (χ1n) is 7.96. The van der Waals surface area contributed by atoms with E-state index < -0.39 is 10.0 Å². The second kappa shape index (κ2) is 7.73. The van der Waals surface area contributed by atoms with Gasteiger partial charge in [-0.3, -0.25) is 4.79 Å². The van der Waals surface area contributed by atoms with Gasteiger partial charge in [-0.05, 0) is 56.9 Å². The van der Waals surface area contributed by atoms with Gasteiger partial charge in [0.05, 0.1) is 4.90 Å². The third kappa shape index (κ3) is 4.76. The highest BCUT2D eigenvalue weighted by molar-refractivity contribution is 7.89. The Morgan fingerprint density at radius 3 is 2.29 bits per heavy atom. The van der Waals surface area contributed by atoms with E-state index in [1.807, 2.05) is 0 Å². The van der Waals surface area contributed by atoms with Crippen molar-refractivity contribution in [2.45, 2.75) is 38.5 Å². The molecule has 0 saturated heterocycles. The van der Waals surface area contributed by atoms with Crippen LogP contribution in [0.1, 0.15) is 40.4 Å². The summed E-state index contributed by atoms with van der Waals surface area (Å²) in [4.78, 5) is 11.4. The quantitative estimate of drug-likeness (QED) is 0.618. The van der Waals surface area contributed by atoms with Gasteiger partial charge in [-0.2, -0.15) is 0 Å². The summed E-state index contributed by atoms with van der Waals surface area (Å²) in [5.41, 5.74) is 4.21. The predicted molar refractivity (Wildman–Crippen MR) is 95.9 cm³/mol. The molecule has 0 unspecified atom stereocenters. The number of benzene rings is 2. The van der Waals surface area contributed by atoms with E-state index in [2.05, 4.69) is 36.8 Å². The first-order valence-corrected chi connectivity index (χ1v) is 9.45. The minimum Gasteiger partial charge on any atom is -0.295 e. The molecule has 0 aliphatic rings. The van der Waals surface area contributed by atoms with Crippen LogP contribution in [0.4, 0.5) is 0 Å². The van der Waals surface area contributed by atoms with Crippen molar-refractivity contribution in [1.29, 1.82) is 0 Å². The van der Waals surface area contributed by atoms with Crippen LogP contribution >= 0.6 is 0 Å². The smallest absolute Gasteiger partial charge is 0.240 e. The highest BCUT2D eigenvalue weighted by atomic mass is 32.2. The number of sulfonamides is 1. The van der Waals surface area contributed by atoms with Gasteiger partial charge in [0, 0.05) is 12.1 Å². The molecule has 0 heterocycles. The maximum atomic E-state index is 12.2. The average molecular weight is 345 g/mol. The van der Waals surface area contributed by atoms with Crippen LogP contribution in [0, 0.1) is 13.8 Å². The van der Waals surface area contributed by atoms with Crippen LogP contribution in [0.25, 0.3) is 0 Å². The molecule has 0 spiro atoms. The Morgan fingerprint density at radius 1 is 1.04 bits per heavy atom. The monoisotopic (exact) mass is 345 g/mol. The number of ketones is 1. The third-order valence-electron chi connectivity index (χ3n) is 3.98. The van der Waals surface area contributed by atoms with E-state index in [4.69, 9.17) is 0 Å². The average Bonchev–Trinajstić information content (AvgIpc) is 2.53. The van der Waals surface area contributed by atoms with E-state index in [1.54, 1.807) is 0 Å². The van der Waals surface area contributed by atoms with Crippen LogP contribution in [-0.2, 0) is 16.4 Å². The molecule has 0 radical (unpaired) electrons. The molecule has 24 heavy (non-hydrogen) atoms. The van der Waals surface area contributed by atoms with Crippen molar-refractivity contribution in [3.8, 4) is 0 Å². The van der Waals surface area contributed by atoms with Gasteiger partial charge in [-0.15, -0.1) is 0 Å². The van der Waals surface area contributed by atoms with Gasteiger partial charge < -0.3 is 0 Å². The summed E-state index contributed by atoms with van der Waals surface area (Å²) in [5, 5.41) is 0. The molecule has 0 amide bonds. The van der Waals surface area contributed by atoms with Crippen molar-refractivity contribution in [1.82, 2.24) is 4.72 Å². The summed E-state index contributed by atoms with van der Waals surface area (Å²) < 4.78 is 27.1. The lowest BCUT2D eigenvalue weighted by atomic mass is 10.0. The number of carbonyl (C=O) groups is 1. The van der Waals surface area contributed by atoms with Crippen molar-refractivity contribution in [3.63, 3.8) is 0 Å². The molecule has 2 aromatic rings. The lowest BCUT2D eigenvalue weighted by molar-refractivity contribution is 0.101. The minimum absolute atomic E-state index is 0.0830. The number of carbonyl (C=O) groups excluding carboxylic acids is 1. The summed E-state index contributed by atoms with van der Waals surface area (Å²) in [6.45, 7) is 5.96.